The van der Waals surface area contributed by atoms with Crippen LogP contribution < -0.4 is 5.32 Å². The maximum Gasteiger partial charge on any atom is 0.207 e. The maximum absolute atomic E-state index is 10.6. The number of rotatable bonds is 2. The quantitative estimate of drug-likeness (QED) is 0.648. The summed E-state index contributed by atoms with van der Waals surface area (Å²) in [7, 11) is 0. The van der Waals surface area contributed by atoms with Crippen LogP contribution >= 0.6 is 0 Å². The van der Waals surface area contributed by atoms with Crippen LogP contribution in [0.5, 0.6) is 0 Å². The number of nitrogens with one attached hydrogen (secondary N) is 1. The second-order valence-corrected chi connectivity index (χ2v) is 5.63. The predicted octanol–water partition coefficient (Wildman–Crippen LogP) is 1.95. The van der Waals surface area contributed by atoms with Gasteiger partial charge in [-0.1, -0.05) is 20.8 Å². The normalized spacial score (nSPS) is 46.4. The number of carbonyl (C=O) groups excluding carboxylic acids is 1. The fourth-order valence-electron chi connectivity index (χ4n) is 3.79. The van der Waals surface area contributed by atoms with Crippen molar-refractivity contribution in [2.45, 2.75) is 46.1 Å². The number of hydrogen-bond acceptors (Lipinski definition) is 1. The molecule has 0 aliphatic heterocycles. The molecule has 2 nitrogen and oxygen atoms in total. The summed E-state index contributed by atoms with van der Waals surface area (Å²) in [4.78, 5) is 10.6. The first-order valence-electron chi connectivity index (χ1n) is 5.20. The van der Waals surface area contributed by atoms with Crippen LogP contribution in [0.1, 0.15) is 40.0 Å². The van der Waals surface area contributed by atoms with E-state index in [4.69, 9.17) is 0 Å². The van der Waals surface area contributed by atoms with Gasteiger partial charge in [-0.2, -0.15) is 0 Å². The molecule has 1 amide bonds. The molecule has 13 heavy (non-hydrogen) atoms. The van der Waals surface area contributed by atoms with E-state index in [2.05, 4.69) is 26.1 Å². The van der Waals surface area contributed by atoms with Crippen molar-refractivity contribution in [2.24, 2.45) is 16.7 Å². The molecule has 0 radical (unpaired) electrons. The topological polar surface area (TPSA) is 29.1 Å². The first-order valence-corrected chi connectivity index (χ1v) is 5.20. The van der Waals surface area contributed by atoms with Gasteiger partial charge in [0.05, 0.1) is 0 Å². The van der Waals surface area contributed by atoms with Gasteiger partial charge in [0.15, 0.2) is 0 Å². The van der Waals surface area contributed by atoms with Gasteiger partial charge < -0.3 is 5.32 Å². The van der Waals surface area contributed by atoms with Crippen LogP contribution in [-0.4, -0.2) is 12.5 Å². The van der Waals surface area contributed by atoms with Crippen molar-refractivity contribution in [1.29, 1.82) is 0 Å². The summed E-state index contributed by atoms with van der Waals surface area (Å²) in [5.41, 5.74) is 0.670. The first kappa shape index (κ1) is 9.04. The van der Waals surface area contributed by atoms with Crippen LogP contribution in [0.25, 0.3) is 0 Å². The smallest absolute Gasteiger partial charge is 0.207 e. The molecule has 2 bridgehead atoms. The molecule has 2 rings (SSSR count). The van der Waals surface area contributed by atoms with Crippen molar-refractivity contribution in [1.82, 2.24) is 5.32 Å². The monoisotopic (exact) mass is 181 g/mol. The molecule has 0 spiro atoms. The lowest BCUT2D eigenvalue weighted by molar-refractivity contribution is -0.112. The van der Waals surface area contributed by atoms with E-state index >= 15 is 0 Å². The molecule has 2 fully saturated rings. The zero-order chi connectivity index (χ0) is 9.69. The molecule has 0 heterocycles. The minimum absolute atomic E-state index is 0.300. The third kappa shape index (κ3) is 1.04. The van der Waals surface area contributed by atoms with Crippen molar-refractivity contribution in [3.8, 4) is 0 Å². The van der Waals surface area contributed by atoms with E-state index in [1.807, 2.05) is 0 Å². The number of carbonyl (C=O) groups is 1. The Bertz CT molecular complexity index is 231. The second kappa shape index (κ2) is 2.49. The molecule has 1 N–H and O–H groups in total. The standard InChI is InChI=1S/C11H19NO/c1-10(2)8-4-5-11(3,6-8)9(10)12-7-13/h7-9H,4-6H2,1-3H3,(H,12,13)/t8-,9-,11+/m1/s1. The lowest BCUT2D eigenvalue weighted by atomic mass is 9.68. The van der Waals surface area contributed by atoms with E-state index in [9.17, 15) is 4.79 Å². The van der Waals surface area contributed by atoms with Crippen LogP contribution in [0.2, 0.25) is 0 Å². The molecular formula is C11H19NO. The van der Waals surface area contributed by atoms with Crippen molar-refractivity contribution < 1.29 is 4.79 Å². The Morgan fingerprint density at radius 1 is 1.38 bits per heavy atom. The summed E-state index contributed by atoms with van der Waals surface area (Å²) >= 11 is 0. The Kier molecular flexibility index (Phi) is 1.73. The van der Waals surface area contributed by atoms with Gasteiger partial charge in [-0.15, -0.1) is 0 Å². The largest absolute Gasteiger partial charge is 0.355 e. The van der Waals surface area contributed by atoms with E-state index in [-0.39, 0.29) is 0 Å². The van der Waals surface area contributed by atoms with Gasteiger partial charge in [0.2, 0.25) is 6.41 Å². The minimum atomic E-state index is 0.300. The Balaban J connectivity index is 2.28. The molecule has 0 saturated heterocycles. The summed E-state index contributed by atoms with van der Waals surface area (Å²) in [5, 5.41) is 3.03. The zero-order valence-electron chi connectivity index (χ0n) is 8.76. The van der Waals surface area contributed by atoms with E-state index in [1.54, 1.807) is 0 Å². The fraction of sp³-hybridized carbons (Fsp3) is 0.909. The third-order valence-corrected chi connectivity index (χ3v) is 4.50. The number of amides is 1. The average Bonchev–Trinajstić information content (AvgIpc) is 2.50. The molecule has 0 aromatic rings. The lowest BCUT2D eigenvalue weighted by Gasteiger charge is -2.42. The van der Waals surface area contributed by atoms with Gasteiger partial charge >= 0.3 is 0 Å². The van der Waals surface area contributed by atoms with Gasteiger partial charge in [-0.05, 0) is 36.0 Å². The highest BCUT2D eigenvalue weighted by molar-refractivity contribution is 5.48. The molecule has 2 aliphatic rings. The summed E-state index contributed by atoms with van der Waals surface area (Å²) < 4.78 is 0. The number of fused-ring (bicyclic) bond motifs is 2. The zero-order valence-corrected chi connectivity index (χ0v) is 8.76. The summed E-state index contributed by atoms with van der Waals surface area (Å²) in [6, 6.07) is 0.385. The van der Waals surface area contributed by atoms with Crippen LogP contribution in [0.4, 0.5) is 0 Å². The molecule has 0 aromatic heterocycles. The fourth-order valence-corrected chi connectivity index (χ4v) is 3.79. The highest BCUT2D eigenvalue weighted by atomic mass is 16.1. The molecule has 0 unspecified atom stereocenters. The van der Waals surface area contributed by atoms with E-state index < -0.39 is 0 Å². The van der Waals surface area contributed by atoms with E-state index in [0.717, 1.165) is 12.3 Å². The summed E-state index contributed by atoms with van der Waals surface area (Å²) in [5.74, 6) is 0.815. The molecule has 2 saturated carbocycles. The van der Waals surface area contributed by atoms with Crippen molar-refractivity contribution in [3.63, 3.8) is 0 Å². The van der Waals surface area contributed by atoms with Crippen LogP contribution in [0.3, 0.4) is 0 Å². The molecule has 74 valence electrons. The Morgan fingerprint density at radius 2 is 2.08 bits per heavy atom. The van der Waals surface area contributed by atoms with Gasteiger partial charge in [-0.25, -0.2) is 0 Å². The molecule has 3 atom stereocenters. The van der Waals surface area contributed by atoms with Crippen molar-refractivity contribution in [3.05, 3.63) is 0 Å². The predicted molar refractivity (Wildman–Crippen MR) is 52.2 cm³/mol. The second-order valence-electron chi connectivity index (χ2n) is 5.63. The molecule has 2 aliphatic carbocycles. The Labute approximate surface area is 80.1 Å². The van der Waals surface area contributed by atoms with Gasteiger partial charge in [0.25, 0.3) is 0 Å². The molecule has 0 aromatic carbocycles. The van der Waals surface area contributed by atoms with Gasteiger partial charge in [-0.3, -0.25) is 4.79 Å². The summed E-state index contributed by atoms with van der Waals surface area (Å²) in [6.07, 6.45) is 4.80. The van der Waals surface area contributed by atoms with Gasteiger partial charge in [0.1, 0.15) is 0 Å². The minimum Gasteiger partial charge on any atom is -0.355 e. The van der Waals surface area contributed by atoms with Crippen molar-refractivity contribution in [2.75, 3.05) is 0 Å². The highest BCUT2D eigenvalue weighted by Gasteiger charge is 2.59. The lowest BCUT2D eigenvalue weighted by Crippen LogP contribution is -2.49. The third-order valence-electron chi connectivity index (χ3n) is 4.50. The Morgan fingerprint density at radius 3 is 2.54 bits per heavy atom. The molecule has 2 heteroatoms. The molecular weight excluding hydrogens is 162 g/mol. The average molecular weight is 181 g/mol. The number of hydrogen-bond donors (Lipinski definition) is 1. The van der Waals surface area contributed by atoms with Crippen LogP contribution in [0.15, 0.2) is 0 Å². The van der Waals surface area contributed by atoms with E-state index in [0.29, 0.717) is 16.9 Å². The van der Waals surface area contributed by atoms with Crippen molar-refractivity contribution >= 4 is 6.41 Å². The Hall–Kier alpha value is -0.530. The SMILES string of the molecule is CC1(C)[C@@H]2CC[C@@](C)(C2)[C@@H]1NC=O. The van der Waals surface area contributed by atoms with Crippen LogP contribution in [-0.2, 0) is 4.79 Å². The van der Waals surface area contributed by atoms with E-state index in [1.165, 1.54) is 19.3 Å². The maximum atomic E-state index is 10.6. The first-order chi connectivity index (χ1) is 6.00. The highest BCUT2D eigenvalue weighted by Crippen LogP contribution is 2.62. The summed E-state index contributed by atoms with van der Waals surface area (Å²) in [6.45, 7) is 6.91. The van der Waals surface area contributed by atoms with Gasteiger partial charge in [0, 0.05) is 6.04 Å². The van der Waals surface area contributed by atoms with Crippen LogP contribution in [0, 0.1) is 16.7 Å².